The summed E-state index contributed by atoms with van der Waals surface area (Å²) in [6.45, 7) is 3.96. The third kappa shape index (κ3) is 6.59. The smallest absolute Gasteiger partial charge is 0.318 e. The molecule has 9 heteroatoms. The summed E-state index contributed by atoms with van der Waals surface area (Å²) in [5.74, 6) is 0. The minimum atomic E-state index is -1.78. The fraction of sp³-hybridized carbons (Fsp3) is 0.429. The zero-order valence-corrected chi connectivity index (χ0v) is 16.3. The van der Waals surface area contributed by atoms with Gasteiger partial charge in [-0.25, -0.2) is 4.79 Å². The summed E-state index contributed by atoms with van der Waals surface area (Å²) in [5, 5.41) is 8.60. The summed E-state index contributed by atoms with van der Waals surface area (Å²) < 4.78 is -1.78. The third-order valence-corrected chi connectivity index (χ3v) is 3.78. The van der Waals surface area contributed by atoms with Gasteiger partial charge in [0.2, 0.25) is 3.79 Å². The van der Waals surface area contributed by atoms with E-state index in [9.17, 15) is 4.79 Å². The maximum Gasteiger partial charge on any atom is 0.318 e. The molecule has 0 bridgehead atoms. The van der Waals surface area contributed by atoms with Crippen LogP contribution in [0.3, 0.4) is 0 Å². The van der Waals surface area contributed by atoms with Crippen molar-refractivity contribution in [1.29, 1.82) is 0 Å². The monoisotopic (exact) mass is 396 g/mol. The first-order valence-corrected chi connectivity index (χ1v) is 8.24. The number of hydrogen-bond donors (Lipinski definition) is 3. The minimum absolute atomic E-state index is 0.229. The Hall–Kier alpha value is -0.950. The third-order valence-electron chi connectivity index (χ3n) is 2.91. The van der Waals surface area contributed by atoms with Gasteiger partial charge in [-0.05, 0) is 37.7 Å². The van der Waals surface area contributed by atoms with Gasteiger partial charge in [0.25, 0.3) is 0 Å². The van der Waals surface area contributed by atoms with Crippen molar-refractivity contribution < 1.29 is 4.79 Å². The molecule has 0 aliphatic heterocycles. The van der Waals surface area contributed by atoms with Gasteiger partial charge < -0.3 is 20.9 Å². The lowest BCUT2D eigenvalue weighted by Gasteiger charge is -2.29. The number of alkyl halides is 3. The van der Waals surface area contributed by atoms with Gasteiger partial charge in [-0.15, -0.1) is 0 Å². The number of nitrogens with zero attached hydrogens (tertiary/aromatic N) is 1. The van der Waals surface area contributed by atoms with E-state index in [0.717, 1.165) is 16.8 Å². The first kappa shape index (κ1) is 20.1. The Balaban J connectivity index is 2.79. The molecule has 0 fully saturated rings. The van der Waals surface area contributed by atoms with Crippen molar-refractivity contribution in [2.45, 2.75) is 23.8 Å². The first-order chi connectivity index (χ1) is 10.5. The standard InChI is InChI=1S/C14H19Cl3N4OS/c1-8-5-6-10(9(2)7-8)18-12(23)19-11(14(15,16)17)20-13(22)21(3)4/h5-7,11H,1-4H3,(H,20,22)(H2,18,19,23)/t11-/m0/s1. The second kappa shape index (κ2) is 8.24. The van der Waals surface area contributed by atoms with Crippen LogP contribution in [-0.4, -0.2) is 40.1 Å². The molecule has 1 aromatic rings. The topological polar surface area (TPSA) is 56.4 Å². The molecule has 0 aliphatic carbocycles. The number of amides is 2. The van der Waals surface area contributed by atoms with E-state index in [0.29, 0.717) is 0 Å². The molecular formula is C14H19Cl3N4OS. The fourth-order valence-corrected chi connectivity index (χ4v) is 2.25. The number of nitrogens with one attached hydrogen (secondary N) is 3. The van der Waals surface area contributed by atoms with Crippen LogP contribution in [0, 0.1) is 13.8 Å². The predicted molar refractivity (Wildman–Crippen MR) is 102 cm³/mol. The molecule has 0 saturated heterocycles. The van der Waals surface area contributed by atoms with Gasteiger partial charge in [0, 0.05) is 19.8 Å². The highest BCUT2D eigenvalue weighted by Crippen LogP contribution is 2.29. The maximum atomic E-state index is 11.8. The van der Waals surface area contributed by atoms with Gasteiger partial charge in [-0.1, -0.05) is 52.5 Å². The molecule has 0 saturated carbocycles. The number of carbonyl (C=O) groups excluding carboxylic acids is 1. The first-order valence-electron chi connectivity index (χ1n) is 6.70. The molecule has 0 heterocycles. The lowest BCUT2D eigenvalue weighted by atomic mass is 10.1. The van der Waals surface area contributed by atoms with E-state index in [1.807, 2.05) is 32.0 Å². The van der Waals surface area contributed by atoms with Crippen LogP contribution in [0.2, 0.25) is 0 Å². The molecule has 2 amide bonds. The second-order valence-corrected chi connectivity index (χ2v) is 8.01. The zero-order chi connectivity index (χ0) is 17.8. The molecule has 0 radical (unpaired) electrons. The molecule has 0 spiro atoms. The second-order valence-electron chi connectivity index (χ2n) is 5.24. The van der Waals surface area contributed by atoms with Crippen LogP contribution < -0.4 is 16.0 Å². The normalized spacial score (nSPS) is 12.3. The molecule has 1 atom stereocenters. The van der Waals surface area contributed by atoms with E-state index in [4.69, 9.17) is 47.0 Å². The van der Waals surface area contributed by atoms with E-state index in [2.05, 4.69) is 16.0 Å². The molecule has 1 rings (SSSR count). The highest BCUT2D eigenvalue weighted by molar-refractivity contribution is 7.80. The van der Waals surface area contributed by atoms with Crippen molar-refractivity contribution in [3.05, 3.63) is 29.3 Å². The Morgan fingerprint density at radius 1 is 1.22 bits per heavy atom. The van der Waals surface area contributed by atoms with Gasteiger partial charge in [0.05, 0.1) is 0 Å². The molecular weight excluding hydrogens is 379 g/mol. The Kier molecular flexibility index (Phi) is 7.20. The number of rotatable bonds is 3. The van der Waals surface area contributed by atoms with Crippen molar-refractivity contribution in [3.8, 4) is 0 Å². The Labute approximate surface area is 156 Å². The number of urea groups is 1. The van der Waals surface area contributed by atoms with E-state index in [1.165, 1.54) is 4.90 Å². The number of halogens is 3. The lowest BCUT2D eigenvalue weighted by molar-refractivity contribution is 0.212. The van der Waals surface area contributed by atoms with Gasteiger partial charge >= 0.3 is 6.03 Å². The van der Waals surface area contributed by atoms with Crippen LogP contribution in [0.4, 0.5) is 10.5 Å². The molecule has 0 aromatic heterocycles. The van der Waals surface area contributed by atoms with Crippen molar-refractivity contribution >= 4 is 63.9 Å². The van der Waals surface area contributed by atoms with Gasteiger partial charge in [0.15, 0.2) is 11.3 Å². The summed E-state index contributed by atoms with van der Waals surface area (Å²) in [6.07, 6.45) is -0.992. The lowest BCUT2D eigenvalue weighted by Crippen LogP contribution is -2.57. The summed E-state index contributed by atoms with van der Waals surface area (Å²) in [6, 6.07) is 5.47. The van der Waals surface area contributed by atoms with E-state index in [-0.39, 0.29) is 5.11 Å². The Morgan fingerprint density at radius 2 is 1.83 bits per heavy atom. The molecule has 1 aromatic carbocycles. The summed E-state index contributed by atoms with van der Waals surface area (Å²) >= 11 is 22.9. The number of thiocarbonyl (C=S) groups is 1. The molecule has 0 unspecified atom stereocenters. The summed E-state index contributed by atoms with van der Waals surface area (Å²) in [7, 11) is 3.16. The van der Waals surface area contributed by atoms with Gasteiger partial charge in [-0.3, -0.25) is 0 Å². The number of hydrogen-bond acceptors (Lipinski definition) is 2. The highest BCUT2D eigenvalue weighted by Gasteiger charge is 2.35. The van der Waals surface area contributed by atoms with Crippen LogP contribution >= 0.6 is 47.0 Å². The largest absolute Gasteiger partial charge is 0.339 e. The average molecular weight is 398 g/mol. The van der Waals surface area contributed by atoms with Gasteiger partial charge in [-0.2, -0.15) is 0 Å². The Morgan fingerprint density at radius 3 is 2.30 bits per heavy atom. The Bertz CT molecular complexity index is 590. The molecule has 128 valence electrons. The molecule has 5 nitrogen and oxygen atoms in total. The van der Waals surface area contributed by atoms with E-state index in [1.54, 1.807) is 14.1 Å². The molecule has 0 aliphatic rings. The van der Waals surface area contributed by atoms with E-state index < -0.39 is 16.0 Å². The average Bonchev–Trinajstić information content (AvgIpc) is 2.40. The molecule has 23 heavy (non-hydrogen) atoms. The van der Waals surface area contributed by atoms with Crippen LogP contribution in [0.5, 0.6) is 0 Å². The van der Waals surface area contributed by atoms with Crippen molar-refractivity contribution in [1.82, 2.24) is 15.5 Å². The summed E-state index contributed by atoms with van der Waals surface area (Å²) in [5.41, 5.74) is 3.00. The van der Waals surface area contributed by atoms with Crippen LogP contribution in [0.1, 0.15) is 11.1 Å². The molecule has 3 N–H and O–H groups in total. The van der Waals surface area contributed by atoms with Crippen LogP contribution in [0.15, 0.2) is 18.2 Å². The highest BCUT2D eigenvalue weighted by atomic mass is 35.6. The van der Waals surface area contributed by atoms with Gasteiger partial charge in [0.1, 0.15) is 0 Å². The quantitative estimate of drug-likeness (QED) is 0.415. The van der Waals surface area contributed by atoms with Crippen LogP contribution in [-0.2, 0) is 0 Å². The van der Waals surface area contributed by atoms with Crippen molar-refractivity contribution in [3.63, 3.8) is 0 Å². The SMILES string of the molecule is Cc1ccc(NC(=S)N[C@@H](NC(=O)N(C)C)C(Cl)(Cl)Cl)c(C)c1. The van der Waals surface area contributed by atoms with Crippen molar-refractivity contribution in [2.24, 2.45) is 0 Å². The summed E-state index contributed by atoms with van der Waals surface area (Å²) in [4.78, 5) is 13.1. The number of benzene rings is 1. The minimum Gasteiger partial charge on any atom is -0.339 e. The number of carbonyl (C=O) groups is 1. The maximum absolute atomic E-state index is 11.8. The van der Waals surface area contributed by atoms with Crippen LogP contribution in [0.25, 0.3) is 0 Å². The van der Waals surface area contributed by atoms with E-state index >= 15 is 0 Å². The predicted octanol–water partition coefficient (Wildman–Crippen LogP) is 3.56. The van der Waals surface area contributed by atoms with Crippen molar-refractivity contribution in [2.75, 3.05) is 19.4 Å². The zero-order valence-electron chi connectivity index (χ0n) is 13.2. The number of anilines is 1. The fourth-order valence-electron chi connectivity index (χ4n) is 1.70. The number of aryl methyl sites for hydroxylation is 2.